The largest absolute Gasteiger partial charge is 0.493 e. The van der Waals surface area contributed by atoms with Gasteiger partial charge in [-0.3, -0.25) is 0 Å². The van der Waals surface area contributed by atoms with Crippen LogP contribution < -0.4 is 4.74 Å². The Hall–Kier alpha value is -2.95. The van der Waals surface area contributed by atoms with Gasteiger partial charge in [-0.15, -0.1) is 0 Å². The van der Waals surface area contributed by atoms with E-state index >= 15 is 0 Å². The van der Waals surface area contributed by atoms with Crippen molar-refractivity contribution >= 4 is 11.4 Å². The highest BCUT2D eigenvalue weighted by molar-refractivity contribution is 5.45. The summed E-state index contributed by atoms with van der Waals surface area (Å²) in [5.74, 6) is 1.52. The number of ether oxygens (including phenoxy) is 1. The Morgan fingerprint density at radius 2 is 1.64 bits per heavy atom. The molecular weight excluding hydrogens is 348 g/mol. The quantitative estimate of drug-likeness (QED) is 0.362. The van der Waals surface area contributed by atoms with Crippen LogP contribution in [0.1, 0.15) is 39.5 Å². The maximum atomic E-state index is 5.94. The molecule has 0 aliphatic carbocycles. The van der Waals surface area contributed by atoms with E-state index in [9.17, 15) is 0 Å². The molecule has 28 heavy (non-hydrogen) atoms. The van der Waals surface area contributed by atoms with E-state index in [0.717, 1.165) is 35.8 Å². The number of aromatic nitrogens is 2. The predicted molar refractivity (Wildman–Crippen MR) is 113 cm³/mol. The number of nitrogens with zero attached hydrogens (tertiary/aromatic N) is 4. The normalized spacial score (nSPS) is 12.4. The van der Waals surface area contributed by atoms with Crippen LogP contribution >= 0.6 is 0 Å². The Morgan fingerprint density at radius 1 is 0.964 bits per heavy atom. The Bertz CT molecular complexity index is 839. The number of hydrogen-bond donors (Lipinski definition) is 0. The molecule has 1 atom stereocenters. The van der Waals surface area contributed by atoms with Crippen LogP contribution in [0.3, 0.4) is 0 Å². The van der Waals surface area contributed by atoms with E-state index in [1.807, 2.05) is 65.5 Å². The lowest BCUT2D eigenvalue weighted by molar-refractivity contribution is 0.233. The minimum absolute atomic E-state index is 0.629. The van der Waals surface area contributed by atoms with E-state index in [1.165, 1.54) is 19.3 Å². The van der Waals surface area contributed by atoms with Crippen LogP contribution in [0.5, 0.6) is 5.75 Å². The van der Waals surface area contributed by atoms with Gasteiger partial charge in [0.15, 0.2) is 0 Å². The molecular formula is C23H28N4O. The molecule has 3 aromatic rings. The van der Waals surface area contributed by atoms with Crippen molar-refractivity contribution in [2.45, 2.75) is 39.5 Å². The highest BCUT2D eigenvalue weighted by atomic mass is 16.5. The summed E-state index contributed by atoms with van der Waals surface area (Å²) in [7, 11) is 0. The van der Waals surface area contributed by atoms with Crippen molar-refractivity contribution in [3.05, 3.63) is 67.0 Å². The third-order valence-corrected chi connectivity index (χ3v) is 4.77. The second-order valence-corrected chi connectivity index (χ2v) is 6.89. The standard InChI is InChI=1S/C23H28N4O/c1-3-5-7-19(4-2)18-28-23-14-10-21(11-15-23)26-25-20-8-12-22(13-9-20)27-17-6-16-24-27/h6,8-17,19H,3-5,7,18H2,1-2H3. The molecule has 1 aromatic heterocycles. The summed E-state index contributed by atoms with van der Waals surface area (Å²) in [5, 5.41) is 12.8. The second kappa shape index (κ2) is 10.4. The van der Waals surface area contributed by atoms with Gasteiger partial charge in [0, 0.05) is 12.4 Å². The van der Waals surface area contributed by atoms with E-state index in [2.05, 4.69) is 29.2 Å². The Morgan fingerprint density at radius 3 is 2.21 bits per heavy atom. The predicted octanol–water partition coefficient (Wildman–Crippen LogP) is 6.88. The number of unbranched alkanes of at least 4 members (excludes halogenated alkanes) is 1. The lowest BCUT2D eigenvalue weighted by atomic mass is 10.0. The van der Waals surface area contributed by atoms with Crippen molar-refractivity contribution in [2.24, 2.45) is 16.1 Å². The zero-order valence-electron chi connectivity index (χ0n) is 16.7. The lowest BCUT2D eigenvalue weighted by Gasteiger charge is -2.15. The highest BCUT2D eigenvalue weighted by Gasteiger charge is 2.06. The fraction of sp³-hybridized carbons (Fsp3) is 0.348. The zero-order valence-corrected chi connectivity index (χ0v) is 16.7. The molecule has 0 saturated carbocycles. The molecule has 2 aromatic carbocycles. The maximum Gasteiger partial charge on any atom is 0.119 e. The SMILES string of the molecule is CCCCC(CC)COc1ccc(N=Nc2ccc(-n3cccn3)cc2)cc1. The van der Waals surface area contributed by atoms with E-state index in [0.29, 0.717) is 5.92 Å². The number of benzene rings is 2. The van der Waals surface area contributed by atoms with Crippen molar-refractivity contribution < 1.29 is 4.74 Å². The van der Waals surface area contributed by atoms with Gasteiger partial charge in [0.05, 0.1) is 23.7 Å². The summed E-state index contributed by atoms with van der Waals surface area (Å²) >= 11 is 0. The number of azo groups is 1. The monoisotopic (exact) mass is 376 g/mol. The molecule has 0 fully saturated rings. The van der Waals surface area contributed by atoms with Crippen molar-refractivity contribution in [1.29, 1.82) is 0 Å². The fourth-order valence-electron chi connectivity index (χ4n) is 2.93. The Labute approximate surface area is 167 Å². The van der Waals surface area contributed by atoms with Crippen molar-refractivity contribution in [3.8, 4) is 11.4 Å². The molecule has 146 valence electrons. The molecule has 0 bridgehead atoms. The van der Waals surface area contributed by atoms with E-state index < -0.39 is 0 Å². The third kappa shape index (κ3) is 5.78. The van der Waals surface area contributed by atoms with Crippen molar-refractivity contribution in [3.63, 3.8) is 0 Å². The molecule has 0 aliphatic heterocycles. The van der Waals surface area contributed by atoms with Crippen molar-refractivity contribution in [2.75, 3.05) is 6.61 Å². The molecule has 0 aliphatic rings. The van der Waals surface area contributed by atoms with Crippen molar-refractivity contribution in [1.82, 2.24) is 9.78 Å². The maximum absolute atomic E-state index is 5.94. The van der Waals surface area contributed by atoms with Crippen LogP contribution in [0.4, 0.5) is 11.4 Å². The number of hydrogen-bond acceptors (Lipinski definition) is 4. The summed E-state index contributed by atoms with van der Waals surface area (Å²) in [5.41, 5.74) is 2.61. The molecule has 1 unspecified atom stereocenters. The van der Waals surface area contributed by atoms with Gasteiger partial charge in [-0.25, -0.2) is 4.68 Å². The number of rotatable bonds is 10. The molecule has 5 nitrogen and oxygen atoms in total. The highest BCUT2D eigenvalue weighted by Crippen LogP contribution is 2.23. The zero-order chi connectivity index (χ0) is 19.6. The minimum Gasteiger partial charge on any atom is -0.493 e. The summed E-state index contributed by atoms with van der Waals surface area (Å²) in [6.07, 6.45) is 8.57. The summed E-state index contributed by atoms with van der Waals surface area (Å²) < 4.78 is 7.75. The van der Waals surface area contributed by atoms with E-state index in [4.69, 9.17) is 4.74 Å². The van der Waals surface area contributed by atoms with Gasteiger partial charge in [0.1, 0.15) is 5.75 Å². The molecule has 0 radical (unpaired) electrons. The van der Waals surface area contributed by atoms with Gasteiger partial charge in [-0.05, 0) is 66.9 Å². The molecule has 0 spiro atoms. The first-order valence-corrected chi connectivity index (χ1v) is 10.0. The van der Waals surface area contributed by atoms with Crippen LogP contribution in [-0.2, 0) is 0 Å². The fourth-order valence-corrected chi connectivity index (χ4v) is 2.93. The Balaban J connectivity index is 1.53. The average Bonchev–Trinajstić information content (AvgIpc) is 3.28. The van der Waals surface area contributed by atoms with Gasteiger partial charge in [0.2, 0.25) is 0 Å². The van der Waals surface area contributed by atoms with Gasteiger partial charge >= 0.3 is 0 Å². The smallest absolute Gasteiger partial charge is 0.119 e. The summed E-state index contributed by atoms with van der Waals surface area (Å²) in [6.45, 7) is 5.24. The third-order valence-electron chi connectivity index (χ3n) is 4.77. The van der Waals surface area contributed by atoms with Crippen LogP contribution in [0.15, 0.2) is 77.2 Å². The molecule has 0 amide bonds. The topological polar surface area (TPSA) is 51.8 Å². The lowest BCUT2D eigenvalue weighted by Crippen LogP contribution is -2.11. The van der Waals surface area contributed by atoms with E-state index in [-0.39, 0.29) is 0 Å². The molecule has 0 N–H and O–H groups in total. The summed E-state index contributed by atoms with van der Waals surface area (Å²) in [4.78, 5) is 0. The Kier molecular flexibility index (Phi) is 7.36. The van der Waals surface area contributed by atoms with Gasteiger partial charge in [0.25, 0.3) is 0 Å². The minimum atomic E-state index is 0.629. The first-order valence-electron chi connectivity index (χ1n) is 10.0. The second-order valence-electron chi connectivity index (χ2n) is 6.89. The van der Waals surface area contributed by atoms with Gasteiger partial charge in [-0.1, -0.05) is 33.1 Å². The molecule has 3 rings (SSSR count). The summed E-state index contributed by atoms with van der Waals surface area (Å²) in [6, 6.07) is 17.5. The van der Waals surface area contributed by atoms with E-state index in [1.54, 1.807) is 6.20 Å². The molecule has 0 saturated heterocycles. The molecule has 1 heterocycles. The van der Waals surface area contributed by atoms with Crippen LogP contribution in [0.25, 0.3) is 5.69 Å². The van der Waals surface area contributed by atoms with Gasteiger partial charge < -0.3 is 4.74 Å². The average molecular weight is 377 g/mol. The van der Waals surface area contributed by atoms with Crippen LogP contribution in [0, 0.1) is 5.92 Å². The van der Waals surface area contributed by atoms with Gasteiger partial charge in [-0.2, -0.15) is 15.3 Å². The van der Waals surface area contributed by atoms with Crippen LogP contribution in [0.2, 0.25) is 0 Å². The first-order chi connectivity index (χ1) is 13.8. The van der Waals surface area contributed by atoms with Crippen LogP contribution in [-0.4, -0.2) is 16.4 Å². The first kappa shape index (κ1) is 19.8. The molecule has 5 heteroatoms.